The Morgan fingerprint density at radius 2 is 1.58 bits per heavy atom. The zero-order valence-electron chi connectivity index (χ0n) is 13.1. The van der Waals surface area contributed by atoms with E-state index in [1.54, 1.807) is 0 Å². The zero-order valence-corrected chi connectivity index (χ0v) is 14.1. The predicted octanol–water partition coefficient (Wildman–Crippen LogP) is 2.87. The molecule has 108 valence electrons. The molecule has 0 amide bonds. The highest BCUT2D eigenvalue weighted by molar-refractivity contribution is 6.88. The Balaban J connectivity index is 2.51. The third kappa shape index (κ3) is 5.09. The molecule has 0 bridgehead atoms. The molecule has 1 aromatic carbocycles. The average molecular weight is 279 g/mol. The van der Waals surface area contributed by atoms with Gasteiger partial charge in [0.15, 0.2) is 0 Å². The largest absolute Gasteiger partial charge is 0.389 e. The van der Waals surface area contributed by atoms with Gasteiger partial charge in [0.1, 0.15) is 0 Å². The van der Waals surface area contributed by atoms with Crippen molar-refractivity contribution in [2.45, 2.75) is 58.5 Å². The van der Waals surface area contributed by atoms with E-state index in [-0.39, 0.29) is 0 Å². The lowest BCUT2D eigenvalue weighted by Gasteiger charge is -2.25. The van der Waals surface area contributed by atoms with Gasteiger partial charge in [0.25, 0.3) is 0 Å². The van der Waals surface area contributed by atoms with Crippen molar-refractivity contribution in [1.29, 1.82) is 0 Å². The Morgan fingerprint density at radius 1 is 1.05 bits per heavy atom. The van der Waals surface area contributed by atoms with Crippen LogP contribution >= 0.6 is 0 Å². The van der Waals surface area contributed by atoms with Gasteiger partial charge in [-0.25, -0.2) is 0 Å². The Hall–Kier alpha value is -0.643. The smallest absolute Gasteiger partial charge is 0.0775 e. The monoisotopic (exact) mass is 279 g/mol. The van der Waals surface area contributed by atoms with Crippen LogP contribution in [0.2, 0.25) is 19.6 Å². The highest BCUT2D eigenvalue weighted by Gasteiger charge is 2.21. The molecule has 0 spiro atoms. The standard InChI is InChI=1S/C16H29NOSi/c1-6-16(18,7-2)13-17-12-14-8-10-15(11-9-14)19(3,4)5/h8-11,17-18H,6-7,12-13H2,1-5H3. The minimum atomic E-state index is -1.19. The molecule has 0 unspecified atom stereocenters. The van der Waals surface area contributed by atoms with Gasteiger partial charge in [-0.3, -0.25) is 0 Å². The van der Waals surface area contributed by atoms with Crippen LogP contribution in [0.4, 0.5) is 0 Å². The molecule has 0 fully saturated rings. The molecule has 0 atom stereocenters. The van der Waals surface area contributed by atoms with Crippen molar-refractivity contribution in [3.05, 3.63) is 29.8 Å². The van der Waals surface area contributed by atoms with E-state index in [9.17, 15) is 5.11 Å². The maximum absolute atomic E-state index is 10.2. The third-order valence-electron chi connectivity index (χ3n) is 3.92. The molecule has 0 aliphatic rings. The van der Waals surface area contributed by atoms with Crippen molar-refractivity contribution in [1.82, 2.24) is 5.32 Å². The maximum Gasteiger partial charge on any atom is 0.0775 e. The average Bonchev–Trinajstić information content (AvgIpc) is 2.38. The Morgan fingerprint density at radius 3 is 2.00 bits per heavy atom. The molecule has 2 N–H and O–H groups in total. The molecule has 2 nitrogen and oxygen atoms in total. The fourth-order valence-corrected chi connectivity index (χ4v) is 3.23. The minimum Gasteiger partial charge on any atom is -0.389 e. The van der Waals surface area contributed by atoms with Crippen molar-refractivity contribution in [3.8, 4) is 0 Å². The second-order valence-electron chi connectivity index (χ2n) is 6.48. The minimum absolute atomic E-state index is 0.557. The fourth-order valence-electron chi connectivity index (χ4n) is 2.06. The molecule has 0 aliphatic heterocycles. The summed E-state index contributed by atoms with van der Waals surface area (Å²) in [5.74, 6) is 0. The summed E-state index contributed by atoms with van der Waals surface area (Å²) in [5, 5.41) is 15.1. The van der Waals surface area contributed by atoms with Gasteiger partial charge in [-0.05, 0) is 18.4 Å². The summed E-state index contributed by atoms with van der Waals surface area (Å²) in [6, 6.07) is 8.93. The van der Waals surface area contributed by atoms with Crippen LogP contribution in [0.5, 0.6) is 0 Å². The van der Waals surface area contributed by atoms with Crippen LogP contribution in [0.15, 0.2) is 24.3 Å². The van der Waals surface area contributed by atoms with Crippen LogP contribution in [0.25, 0.3) is 0 Å². The first-order valence-corrected chi connectivity index (χ1v) is 10.8. The molecule has 1 rings (SSSR count). The van der Waals surface area contributed by atoms with Gasteiger partial charge in [-0.2, -0.15) is 0 Å². The van der Waals surface area contributed by atoms with E-state index in [1.807, 2.05) is 13.8 Å². The topological polar surface area (TPSA) is 32.3 Å². The van der Waals surface area contributed by atoms with Gasteiger partial charge in [-0.1, -0.05) is 62.9 Å². The summed E-state index contributed by atoms with van der Waals surface area (Å²) in [7, 11) is -1.19. The number of aliphatic hydroxyl groups is 1. The first-order valence-electron chi connectivity index (χ1n) is 7.33. The third-order valence-corrected chi connectivity index (χ3v) is 5.98. The SMILES string of the molecule is CCC(O)(CC)CNCc1ccc([Si](C)(C)C)cc1. The van der Waals surface area contributed by atoms with Gasteiger partial charge in [0, 0.05) is 13.1 Å². The summed E-state index contributed by atoms with van der Waals surface area (Å²) in [5.41, 5.74) is 0.731. The highest BCUT2D eigenvalue weighted by Crippen LogP contribution is 2.13. The van der Waals surface area contributed by atoms with Crippen LogP contribution in [-0.4, -0.2) is 25.3 Å². The molecule has 19 heavy (non-hydrogen) atoms. The summed E-state index contributed by atoms with van der Waals surface area (Å²) >= 11 is 0. The Labute approximate surface area is 119 Å². The van der Waals surface area contributed by atoms with Gasteiger partial charge < -0.3 is 10.4 Å². The molecule has 1 aromatic rings. The molecule has 3 heteroatoms. The quantitative estimate of drug-likeness (QED) is 0.752. The molecular formula is C16H29NOSi. The molecular weight excluding hydrogens is 250 g/mol. The van der Waals surface area contributed by atoms with Crippen LogP contribution in [0.1, 0.15) is 32.3 Å². The predicted molar refractivity (Wildman–Crippen MR) is 86.7 cm³/mol. The van der Waals surface area contributed by atoms with Gasteiger partial charge in [0.2, 0.25) is 0 Å². The molecule has 0 aliphatic carbocycles. The van der Waals surface area contributed by atoms with Crippen molar-refractivity contribution >= 4 is 13.3 Å². The lowest BCUT2D eigenvalue weighted by molar-refractivity contribution is 0.0323. The van der Waals surface area contributed by atoms with Crippen LogP contribution in [0.3, 0.4) is 0 Å². The van der Waals surface area contributed by atoms with Gasteiger partial charge >= 0.3 is 0 Å². The number of hydrogen-bond donors (Lipinski definition) is 2. The van der Waals surface area contributed by atoms with Gasteiger partial charge in [-0.15, -0.1) is 0 Å². The molecule has 0 radical (unpaired) electrons. The molecule has 0 saturated carbocycles. The van der Waals surface area contributed by atoms with E-state index in [1.165, 1.54) is 10.8 Å². The van der Waals surface area contributed by atoms with Crippen molar-refractivity contribution in [2.24, 2.45) is 0 Å². The van der Waals surface area contributed by atoms with E-state index < -0.39 is 13.7 Å². The fraction of sp³-hybridized carbons (Fsp3) is 0.625. The van der Waals surface area contributed by atoms with Crippen LogP contribution in [0, 0.1) is 0 Å². The maximum atomic E-state index is 10.2. The summed E-state index contributed by atoms with van der Waals surface area (Å²) < 4.78 is 0. The molecule has 0 aromatic heterocycles. The van der Waals surface area contributed by atoms with Crippen LogP contribution < -0.4 is 10.5 Å². The zero-order chi connectivity index (χ0) is 14.5. The second kappa shape index (κ2) is 6.68. The van der Waals surface area contributed by atoms with E-state index in [2.05, 4.69) is 49.2 Å². The second-order valence-corrected chi connectivity index (χ2v) is 11.6. The molecule has 0 heterocycles. The molecule has 0 saturated heterocycles. The lowest BCUT2D eigenvalue weighted by atomic mass is 9.97. The van der Waals surface area contributed by atoms with E-state index in [0.717, 1.165) is 19.4 Å². The van der Waals surface area contributed by atoms with Crippen molar-refractivity contribution in [2.75, 3.05) is 6.54 Å². The van der Waals surface area contributed by atoms with Crippen LogP contribution in [-0.2, 0) is 6.54 Å². The van der Waals surface area contributed by atoms with Crippen molar-refractivity contribution < 1.29 is 5.11 Å². The number of nitrogens with one attached hydrogen (secondary N) is 1. The summed E-state index contributed by atoms with van der Waals surface area (Å²) in [4.78, 5) is 0. The van der Waals surface area contributed by atoms with Crippen molar-refractivity contribution in [3.63, 3.8) is 0 Å². The number of hydrogen-bond acceptors (Lipinski definition) is 2. The number of benzene rings is 1. The summed E-state index contributed by atoms with van der Waals surface area (Å²) in [6.45, 7) is 12.7. The Bertz CT molecular complexity index is 377. The highest BCUT2D eigenvalue weighted by atomic mass is 28.3. The van der Waals surface area contributed by atoms with E-state index in [0.29, 0.717) is 6.54 Å². The van der Waals surface area contributed by atoms with E-state index >= 15 is 0 Å². The first-order chi connectivity index (χ1) is 8.80. The lowest BCUT2D eigenvalue weighted by Crippen LogP contribution is -2.39. The normalized spacial score (nSPS) is 12.7. The number of rotatable bonds is 7. The van der Waals surface area contributed by atoms with Gasteiger partial charge in [0.05, 0.1) is 13.7 Å². The van der Waals surface area contributed by atoms with E-state index in [4.69, 9.17) is 0 Å². The summed E-state index contributed by atoms with van der Waals surface area (Å²) in [6.07, 6.45) is 1.59. The first kappa shape index (κ1) is 16.4. The Kier molecular flexibility index (Phi) is 5.77.